The van der Waals surface area contributed by atoms with Gasteiger partial charge >= 0.3 is 12.1 Å². The van der Waals surface area contributed by atoms with Crippen LogP contribution < -0.4 is 5.73 Å². The van der Waals surface area contributed by atoms with E-state index in [1.54, 1.807) is 0 Å². The van der Waals surface area contributed by atoms with Crippen LogP contribution in [0.5, 0.6) is 0 Å². The van der Waals surface area contributed by atoms with Gasteiger partial charge in [0, 0.05) is 6.54 Å². The number of halogens is 3. The highest BCUT2D eigenvalue weighted by Crippen LogP contribution is 2.26. The summed E-state index contributed by atoms with van der Waals surface area (Å²) < 4.78 is 36.4. The van der Waals surface area contributed by atoms with Crippen molar-refractivity contribution in [1.29, 1.82) is 0 Å². The first-order chi connectivity index (χ1) is 6.64. The number of carbonyl (C=O) groups excluding carboxylic acids is 1. The summed E-state index contributed by atoms with van der Waals surface area (Å²) in [6.07, 6.45) is -4.84. The van der Waals surface area contributed by atoms with E-state index in [1.165, 1.54) is 7.05 Å². The van der Waals surface area contributed by atoms with Gasteiger partial charge < -0.3 is 10.8 Å². The fourth-order valence-electron chi connectivity index (χ4n) is 0.964. The number of likely N-dealkylation sites (N-methyl/N-ethyl adjacent to an activating group) is 1. The molecule has 0 aromatic carbocycles. The van der Waals surface area contributed by atoms with E-state index in [0.717, 1.165) is 4.90 Å². The van der Waals surface area contributed by atoms with Gasteiger partial charge in [-0.3, -0.25) is 14.5 Å². The molecular weight excluding hydrogens is 217 g/mol. The SMILES string of the molecule is CN(CC(N)=O)CC(C(=O)O)C(F)(F)F. The molecule has 0 aromatic heterocycles. The minimum absolute atomic E-state index is 0.417. The van der Waals surface area contributed by atoms with Crippen LogP contribution in [0.2, 0.25) is 0 Å². The maximum absolute atomic E-state index is 12.1. The number of hydrogen-bond donors (Lipinski definition) is 2. The molecule has 0 heterocycles. The number of hydrogen-bond acceptors (Lipinski definition) is 3. The second-order valence-corrected chi connectivity index (χ2v) is 3.10. The molecular formula is C7H11F3N2O3. The molecule has 88 valence electrons. The van der Waals surface area contributed by atoms with Gasteiger partial charge in [-0.1, -0.05) is 0 Å². The number of nitrogens with zero attached hydrogens (tertiary/aromatic N) is 1. The minimum atomic E-state index is -4.84. The van der Waals surface area contributed by atoms with Gasteiger partial charge in [-0.15, -0.1) is 0 Å². The van der Waals surface area contributed by atoms with Crippen molar-refractivity contribution in [3.63, 3.8) is 0 Å². The smallest absolute Gasteiger partial charge is 0.403 e. The van der Waals surface area contributed by atoms with Crippen LogP contribution in [0.25, 0.3) is 0 Å². The number of nitrogens with two attached hydrogens (primary N) is 1. The van der Waals surface area contributed by atoms with Gasteiger partial charge in [0.25, 0.3) is 0 Å². The van der Waals surface area contributed by atoms with E-state index in [4.69, 9.17) is 10.8 Å². The third-order valence-electron chi connectivity index (χ3n) is 1.61. The Morgan fingerprint density at radius 1 is 1.47 bits per heavy atom. The molecule has 0 bridgehead atoms. The zero-order valence-electron chi connectivity index (χ0n) is 7.91. The summed E-state index contributed by atoms with van der Waals surface area (Å²) in [4.78, 5) is 21.6. The zero-order chi connectivity index (χ0) is 12.2. The molecule has 0 saturated carbocycles. The zero-order valence-corrected chi connectivity index (χ0v) is 7.91. The molecule has 15 heavy (non-hydrogen) atoms. The first-order valence-corrected chi connectivity index (χ1v) is 3.91. The van der Waals surface area contributed by atoms with E-state index in [1.807, 2.05) is 0 Å². The van der Waals surface area contributed by atoms with Crippen molar-refractivity contribution in [2.45, 2.75) is 6.18 Å². The number of primary amides is 1. The largest absolute Gasteiger partial charge is 0.481 e. The van der Waals surface area contributed by atoms with Gasteiger partial charge in [0.1, 0.15) is 0 Å². The lowest BCUT2D eigenvalue weighted by Crippen LogP contribution is -2.42. The Balaban J connectivity index is 4.43. The van der Waals surface area contributed by atoms with E-state index in [0.29, 0.717) is 0 Å². The van der Waals surface area contributed by atoms with Gasteiger partial charge in [-0.05, 0) is 7.05 Å². The van der Waals surface area contributed by atoms with Crippen LogP contribution >= 0.6 is 0 Å². The van der Waals surface area contributed by atoms with Crippen molar-refractivity contribution < 1.29 is 27.9 Å². The second kappa shape index (κ2) is 4.96. The number of carboxylic acid groups (broad SMARTS) is 1. The van der Waals surface area contributed by atoms with Crippen LogP contribution in [0.3, 0.4) is 0 Å². The van der Waals surface area contributed by atoms with Gasteiger partial charge in [-0.25, -0.2) is 0 Å². The lowest BCUT2D eigenvalue weighted by Gasteiger charge is -2.21. The first kappa shape index (κ1) is 13.7. The van der Waals surface area contributed by atoms with E-state index < -0.39 is 37.1 Å². The Morgan fingerprint density at radius 3 is 2.20 bits per heavy atom. The molecule has 0 aliphatic rings. The fourth-order valence-corrected chi connectivity index (χ4v) is 0.964. The summed E-state index contributed by atoms with van der Waals surface area (Å²) in [5, 5.41) is 8.33. The van der Waals surface area contributed by atoms with Gasteiger partial charge in [0.2, 0.25) is 5.91 Å². The van der Waals surface area contributed by atoms with Crippen molar-refractivity contribution in [2.24, 2.45) is 11.7 Å². The van der Waals surface area contributed by atoms with Crippen LogP contribution in [-0.4, -0.2) is 48.2 Å². The van der Waals surface area contributed by atoms with Crippen molar-refractivity contribution in [3.8, 4) is 0 Å². The average Bonchev–Trinajstić information content (AvgIpc) is 1.95. The summed E-state index contributed by atoms with van der Waals surface area (Å²) in [6.45, 7) is -1.22. The van der Waals surface area contributed by atoms with Gasteiger partial charge in [-0.2, -0.15) is 13.2 Å². The van der Waals surface area contributed by atoms with Crippen LogP contribution in [0.15, 0.2) is 0 Å². The highest BCUT2D eigenvalue weighted by atomic mass is 19.4. The standard InChI is InChI=1S/C7H11F3N2O3/c1-12(3-5(11)13)2-4(6(14)15)7(8,9)10/h4H,2-3H2,1H3,(H2,11,13)(H,14,15). The normalized spacial score (nSPS) is 13.9. The van der Waals surface area contributed by atoms with Crippen LogP contribution in [-0.2, 0) is 9.59 Å². The fraction of sp³-hybridized carbons (Fsp3) is 0.714. The van der Waals surface area contributed by atoms with Crippen molar-refractivity contribution in [3.05, 3.63) is 0 Å². The number of carboxylic acids is 1. The van der Waals surface area contributed by atoms with Gasteiger partial charge in [0.15, 0.2) is 5.92 Å². The molecule has 0 spiro atoms. The lowest BCUT2D eigenvalue weighted by molar-refractivity contribution is -0.196. The summed E-state index contributed by atoms with van der Waals surface area (Å²) >= 11 is 0. The van der Waals surface area contributed by atoms with E-state index >= 15 is 0 Å². The maximum Gasteiger partial charge on any atom is 0.403 e. The number of aliphatic carboxylic acids is 1. The molecule has 0 aliphatic heterocycles. The Kier molecular flexibility index (Phi) is 4.53. The van der Waals surface area contributed by atoms with Crippen LogP contribution in [0.1, 0.15) is 0 Å². The van der Waals surface area contributed by atoms with Crippen LogP contribution in [0.4, 0.5) is 13.2 Å². The predicted octanol–water partition coefficient (Wildman–Crippen LogP) is -0.333. The molecule has 8 heteroatoms. The van der Waals surface area contributed by atoms with E-state index in [2.05, 4.69) is 0 Å². The van der Waals surface area contributed by atoms with Crippen molar-refractivity contribution in [1.82, 2.24) is 4.90 Å². The molecule has 0 aliphatic carbocycles. The quantitative estimate of drug-likeness (QED) is 0.674. The number of amides is 1. The molecule has 0 rings (SSSR count). The van der Waals surface area contributed by atoms with Crippen molar-refractivity contribution in [2.75, 3.05) is 20.1 Å². The monoisotopic (exact) mass is 228 g/mol. The predicted molar refractivity (Wildman–Crippen MR) is 43.9 cm³/mol. The molecule has 1 atom stereocenters. The third-order valence-corrected chi connectivity index (χ3v) is 1.61. The summed E-state index contributed by atoms with van der Waals surface area (Å²) in [7, 11) is 1.19. The molecule has 3 N–H and O–H groups in total. The molecule has 1 unspecified atom stereocenters. The highest BCUT2D eigenvalue weighted by molar-refractivity contribution is 5.76. The topological polar surface area (TPSA) is 83.6 Å². The Morgan fingerprint density at radius 2 is 1.93 bits per heavy atom. The number of alkyl halides is 3. The maximum atomic E-state index is 12.1. The van der Waals surface area contributed by atoms with Crippen LogP contribution in [0, 0.1) is 5.92 Å². The molecule has 0 aromatic rings. The third kappa shape index (κ3) is 5.21. The minimum Gasteiger partial charge on any atom is -0.481 e. The summed E-state index contributed by atoms with van der Waals surface area (Å²) in [6, 6.07) is 0. The average molecular weight is 228 g/mol. The Hall–Kier alpha value is -1.31. The highest BCUT2D eigenvalue weighted by Gasteiger charge is 2.45. The Labute approximate surface area is 83.6 Å². The molecule has 1 amide bonds. The second-order valence-electron chi connectivity index (χ2n) is 3.10. The molecule has 5 nitrogen and oxygen atoms in total. The lowest BCUT2D eigenvalue weighted by atomic mass is 10.1. The van der Waals surface area contributed by atoms with E-state index in [-0.39, 0.29) is 0 Å². The number of rotatable bonds is 5. The molecule has 0 fully saturated rings. The summed E-state index contributed by atoms with van der Waals surface area (Å²) in [5.41, 5.74) is 4.74. The first-order valence-electron chi connectivity index (χ1n) is 3.91. The van der Waals surface area contributed by atoms with Gasteiger partial charge in [0.05, 0.1) is 6.54 Å². The Bertz CT molecular complexity index is 254. The molecule has 0 radical (unpaired) electrons. The summed E-state index contributed by atoms with van der Waals surface area (Å²) in [5.74, 6) is -5.30. The van der Waals surface area contributed by atoms with E-state index in [9.17, 15) is 22.8 Å². The number of carbonyl (C=O) groups is 2. The molecule has 0 saturated heterocycles. The van der Waals surface area contributed by atoms with Crippen molar-refractivity contribution >= 4 is 11.9 Å².